The number of rotatable bonds is 5. The van der Waals surface area contributed by atoms with Gasteiger partial charge >= 0.3 is 5.97 Å². The van der Waals surface area contributed by atoms with Gasteiger partial charge in [0.1, 0.15) is 6.04 Å². The van der Waals surface area contributed by atoms with Gasteiger partial charge in [0.05, 0.1) is 12.5 Å². The maximum absolute atomic E-state index is 12.2. The second-order valence-electron chi connectivity index (χ2n) is 6.39. The number of hydrogen-bond donors (Lipinski definition) is 2. The number of nitrogens with zero attached hydrogens (tertiary/aromatic N) is 1. The Bertz CT molecular complexity index is 797. The van der Waals surface area contributed by atoms with Crippen LogP contribution in [0.4, 0.5) is 0 Å². The number of halogens is 1. The highest BCUT2D eigenvalue weighted by Gasteiger charge is 2.34. The SMILES string of the molecule is CC(C)OC(=O)CC1C(=O)NCCN1C(=S)NC(=O)C=Cc1ccccc1Cl. The maximum Gasteiger partial charge on any atom is 0.308 e. The van der Waals surface area contributed by atoms with Crippen LogP contribution in [0, 0.1) is 0 Å². The minimum atomic E-state index is -0.833. The highest BCUT2D eigenvalue weighted by molar-refractivity contribution is 7.80. The molecule has 1 aliphatic heterocycles. The first-order valence-electron chi connectivity index (χ1n) is 8.79. The fourth-order valence-corrected chi connectivity index (χ4v) is 3.14. The van der Waals surface area contributed by atoms with Gasteiger partial charge in [-0.05, 0) is 43.8 Å². The molecule has 1 heterocycles. The fraction of sp³-hybridized carbons (Fsp3) is 0.368. The molecule has 0 aromatic heterocycles. The number of thiocarbonyl (C=S) groups is 1. The molecule has 2 rings (SSSR count). The first-order chi connectivity index (χ1) is 13.3. The molecule has 7 nitrogen and oxygen atoms in total. The number of hydrogen-bond acceptors (Lipinski definition) is 5. The van der Waals surface area contributed by atoms with E-state index in [9.17, 15) is 14.4 Å². The lowest BCUT2D eigenvalue weighted by atomic mass is 10.1. The standard InChI is InChI=1S/C19H22ClN3O4S/c1-12(2)27-17(25)11-15-18(26)21-9-10-23(15)19(28)22-16(24)8-7-13-5-3-4-6-14(13)20/h3-8,12,15H,9-11H2,1-2H3,(H,21,26)(H,22,24,28). The molecular weight excluding hydrogens is 402 g/mol. The van der Waals surface area contributed by atoms with Gasteiger partial charge in [-0.25, -0.2) is 0 Å². The Hall–Kier alpha value is -2.45. The minimum absolute atomic E-state index is 0.0750. The lowest BCUT2D eigenvalue weighted by Gasteiger charge is -2.36. The van der Waals surface area contributed by atoms with Crippen LogP contribution in [-0.4, -0.2) is 53.0 Å². The summed E-state index contributed by atoms with van der Waals surface area (Å²) in [5, 5.41) is 5.85. The number of esters is 1. The van der Waals surface area contributed by atoms with E-state index in [2.05, 4.69) is 10.6 Å². The van der Waals surface area contributed by atoms with Crippen LogP contribution >= 0.6 is 23.8 Å². The van der Waals surface area contributed by atoms with Crippen molar-refractivity contribution in [2.75, 3.05) is 13.1 Å². The molecule has 0 saturated carbocycles. The summed E-state index contributed by atoms with van der Waals surface area (Å²) in [6.45, 7) is 4.19. The Labute approximate surface area is 174 Å². The van der Waals surface area contributed by atoms with Crippen LogP contribution in [-0.2, 0) is 19.1 Å². The molecule has 9 heteroatoms. The first kappa shape index (κ1) is 21.8. The molecule has 2 amide bonds. The molecule has 150 valence electrons. The Morgan fingerprint density at radius 2 is 2.14 bits per heavy atom. The number of amides is 2. The molecule has 1 unspecified atom stereocenters. The Morgan fingerprint density at radius 1 is 1.43 bits per heavy atom. The molecular formula is C19H22ClN3O4S. The van der Waals surface area contributed by atoms with Crippen LogP contribution in [0.25, 0.3) is 6.08 Å². The number of carbonyl (C=O) groups excluding carboxylic acids is 3. The predicted octanol–water partition coefficient (Wildman–Crippen LogP) is 1.90. The summed E-state index contributed by atoms with van der Waals surface area (Å²) in [5.41, 5.74) is 0.692. The molecule has 2 N–H and O–H groups in total. The van der Waals surface area contributed by atoms with Crippen molar-refractivity contribution < 1.29 is 19.1 Å². The summed E-state index contributed by atoms with van der Waals surface area (Å²) < 4.78 is 5.11. The van der Waals surface area contributed by atoms with Crippen molar-refractivity contribution in [1.29, 1.82) is 0 Å². The molecule has 1 aromatic carbocycles. The van der Waals surface area contributed by atoms with Gasteiger partial charge in [-0.1, -0.05) is 29.8 Å². The van der Waals surface area contributed by atoms with Crippen molar-refractivity contribution in [3.8, 4) is 0 Å². The van der Waals surface area contributed by atoms with Gasteiger partial charge in [0.2, 0.25) is 11.8 Å². The van der Waals surface area contributed by atoms with Gasteiger partial charge in [-0.15, -0.1) is 0 Å². The Morgan fingerprint density at radius 3 is 2.82 bits per heavy atom. The molecule has 1 aromatic rings. The van der Waals surface area contributed by atoms with Gasteiger partial charge in [0.25, 0.3) is 0 Å². The second kappa shape index (κ2) is 10.2. The summed E-state index contributed by atoms with van der Waals surface area (Å²) in [6, 6.07) is 6.26. The summed E-state index contributed by atoms with van der Waals surface area (Å²) in [7, 11) is 0. The number of nitrogens with one attached hydrogen (secondary N) is 2. The van der Waals surface area contributed by atoms with Gasteiger partial charge in [-0.2, -0.15) is 0 Å². The Balaban J connectivity index is 2.01. The predicted molar refractivity (Wildman–Crippen MR) is 111 cm³/mol. The third-order valence-electron chi connectivity index (χ3n) is 3.87. The zero-order valence-electron chi connectivity index (χ0n) is 15.6. The lowest BCUT2D eigenvalue weighted by Crippen LogP contribution is -2.60. The smallest absolute Gasteiger partial charge is 0.308 e. The number of benzene rings is 1. The van der Waals surface area contributed by atoms with Crippen molar-refractivity contribution in [3.63, 3.8) is 0 Å². The van der Waals surface area contributed by atoms with Crippen molar-refractivity contribution in [3.05, 3.63) is 40.9 Å². The number of carbonyl (C=O) groups is 3. The maximum atomic E-state index is 12.2. The lowest BCUT2D eigenvalue weighted by molar-refractivity contribution is -0.150. The molecule has 0 aliphatic carbocycles. The van der Waals surface area contributed by atoms with Crippen LogP contribution in [0.2, 0.25) is 5.02 Å². The van der Waals surface area contributed by atoms with Crippen molar-refractivity contribution >= 4 is 52.8 Å². The van der Waals surface area contributed by atoms with E-state index in [1.165, 1.54) is 11.0 Å². The van der Waals surface area contributed by atoms with E-state index < -0.39 is 17.9 Å². The van der Waals surface area contributed by atoms with Crippen molar-refractivity contribution in [2.24, 2.45) is 0 Å². The normalized spacial score (nSPS) is 16.8. The van der Waals surface area contributed by atoms with Crippen LogP contribution < -0.4 is 10.6 Å². The topological polar surface area (TPSA) is 87.7 Å². The highest BCUT2D eigenvalue weighted by atomic mass is 35.5. The average molecular weight is 424 g/mol. The third kappa shape index (κ3) is 6.31. The summed E-state index contributed by atoms with van der Waals surface area (Å²) in [5.74, 6) is -1.30. The molecule has 0 radical (unpaired) electrons. The zero-order valence-corrected chi connectivity index (χ0v) is 17.2. The van der Waals surface area contributed by atoms with Gasteiger partial charge in [0.15, 0.2) is 5.11 Å². The van der Waals surface area contributed by atoms with Crippen molar-refractivity contribution in [2.45, 2.75) is 32.4 Å². The monoisotopic (exact) mass is 423 g/mol. The minimum Gasteiger partial charge on any atom is -0.463 e. The first-order valence-corrected chi connectivity index (χ1v) is 9.58. The number of piperazine rings is 1. The second-order valence-corrected chi connectivity index (χ2v) is 7.19. The molecule has 0 bridgehead atoms. The molecule has 1 aliphatic rings. The van der Waals surface area contributed by atoms with Gasteiger partial charge in [0, 0.05) is 24.2 Å². The van der Waals surface area contributed by atoms with Crippen LogP contribution in [0.15, 0.2) is 30.3 Å². The van der Waals surface area contributed by atoms with Gasteiger partial charge < -0.3 is 15.0 Å². The highest BCUT2D eigenvalue weighted by Crippen LogP contribution is 2.16. The summed E-state index contributed by atoms with van der Waals surface area (Å²) >= 11 is 11.3. The fourth-order valence-electron chi connectivity index (χ4n) is 2.62. The number of ether oxygens (including phenoxy) is 1. The van der Waals surface area contributed by atoms with E-state index in [-0.39, 0.29) is 23.5 Å². The van der Waals surface area contributed by atoms with Crippen LogP contribution in [0.5, 0.6) is 0 Å². The van der Waals surface area contributed by atoms with Crippen LogP contribution in [0.1, 0.15) is 25.8 Å². The van der Waals surface area contributed by atoms with E-state index in [0.717, 1.165) is 0 Å². The van der Waals surface area contributed by atoms with Crippen LogP contribution in [0.3, 0.4) is 0 Å². The third-order valence-corrected chi connectivity index (χ3v) is 4.55. The van der Waals surface area contributed by atoms with Gasteiger partial charge in [-0.3, -0.25) is 19.7 Å². The average Bonchev–Trinajstić information content (AvgIpc) is 2.62. The quantitative estimate of drug-likeness (QED) is 0.427. The summed E-state index contributed by atoms with van der Waals surface area (Å²) in [4.78, 5) is 37.9. The van der Waals surface area contributed by atoms with E-state index in [1.54, 1.807) is 44.2 Å². The molecule has 28 heavy (non-hydrogen) atoms. The Kier molecular flexibility index (Phi) is 7.95. The zero-order chi connectivity index (χ0) is 20.7. The van der Waals surface area contributed by atoms with E-state index >= 15 is 0 Å². The molecule has 1 saturated heterocycles. The largest absolute Gasteiger partial charge is 0.463 e. The molecule has 1 fully saturated rings. The van der Waals surface area contributed by atoms with E-state index in [0.29, 0.717) is 23.7 Å². The molecule has 1 atom stereocenters. The molecule has 0 spiro atoms. The van der Waals surface area contributed by atoms with E-state index in [1.807, 2.05) is 0 Å². The van der Waals surface area contributed by atoms with Crippen molar-refractivity contribution in [1.82, 2.24) is 15.5 Å². The van der Waals surface area contributed by atoms with E-state index in [4.69, 9.17) is 28.6 Å². The summed E-state index contributed by atoms with van der Waals surface area (Å²) in [6.07, 6.45) is 2.43.